The van der Waals surface area contributed by atoms with Crippen molar-refractivity contribution >= 4 is 39.1 Å². The molecule has 1 aromatic heterocycles. The Morgan fingerprint density at radius 2 is 1.95 bits per heavy atom. The second-order valence-corrected chi connectivity index (χ2v) is 6.79. The maximum atomic E-state index is 11.3. The summed E-state index contributed by atoms with van der Waals surface area (Å²) in [6.07, 6.45) is 1.51. The Bertz CT molecular complexity index is 702. The van der Waals surface area contributed by atoms with E-state index >= 15 is 0 Å². The monoisotopic (exact) mass is 315 g/mol. The van der Waals surface area contributed by atoms with Crippen LogP contribution in [0.4, 0.5) is 5.69 Å². The van der Waals surface area contributed by atoms with Gasteiger partial charge in [-0.15, -0.1) is 0 Å². The SMILES string of the molecule is Nc1cc(Sc2ccc(Cl)cn2)cc(S(N)(=O)=O)c1. The van der Waals surface area contributed by atoms with E-state index in [1.165, 1.54) is 30.1 Å². The highest BCUT2D eigenvalue weighted by atomic mass is 35.5. The van der Waals surface area contributed by atoms with Gasteiger partial charge < -0.3 is 5.73 Å². The molecule has 0 saturated carbocycles. The molecule has 4 N–H and O–H groups in total. The Labute approximate surface area is 120 Å². The van der Waals surface area contributed by atoms with Gasteiger partial charge in [-0.1, -0.05) is 23.4 Å². The Hall–Kier alpha value is -1.28. The van der Waals surface area contributed by atoms with Crippen LogP contribution in [0.2, 0.25) is 5.02 Å². The molecule has 100 valence electrons. The molecular weight excluding hydrogens is 306 g/mol. The molecule has 0 unspecified atom stereocenters. The minimum absolute atomic E-state index is 0.0241. The number of primary sulfonamides is 1. The molecule has 2 rings (SSSR count). The topological polar surface area (TPSA) is 99.1 Å². The van der Waals surface area contributed by atoms with Gasteiger partial charge in [0.2, 0.25) is 10.0 Å². The lowest BCUT2D eigenvalue weighted by Gasteiger charge is -2.05. The molecule has 8 heteroatoms. The standard InChI is InChI=1S/C11H10ClN3O2S2/c12-7-1-2-11(15-6-7)18-9-3-8(13)4-10(5-9)19(14,16)17/h1-6H,13H2,(H2,14,16,17). The average Bonchev–Trinajstić information content (AvgIpc) is 2.30. The highest BCUT2D eigenvalue weighted by Gasteiger charge is 2.11. The maximum absolute atomic E-state index is 11.3. The lowest BCUT2D eigenvalue weighted by Crippen LogP contribution is -2.12. The molecule has 0 radical (unpaired) electrons. The third kappa shape index (κ3) is 3.84. The van der Waals surface area contributed by atoms with Gasteiger partial charge in [0.05, 0.1) is 9.92 Å². The Morgan fingerprint density at radius 3 is 2.53 bits per heavy atom. The molecular formula is C11H10ClN3O2S2. The van der Waals surface area contributed by atoms with Crippen LogP contribution in [0, 0.1) is 0 Å². The number of rotatable bonds is 3. The number of sulfonamides is 1. The molecule has 19 heavy (non-hydrogen) atoms. The van der Waals surface area contributed by atoms with Crippen molar-refractivity contribution < 1.29 is 8.42 Å². The minimum atomic E-state index is -3.78. The minimum Gasteiger partial charge on any atom is -0.399 e. The maximum Gasteiger partial charge on any atom is 0.238 e. The first kappa shape index (κ1) is 14.1. The zero-order chi connectivity index (χ0) is 14.0. The van der Waals surface area contributed by atoms with E-state index in [9.17, 15) is 8.42 Å². The summed E-state index contributed by atoms with van der Waals surface area (Å²) in [4.78, 5) is 4.72. The van der Waals surface area contributed by atoms with Crippen LogP contribution in [-0.4, -0.2) is 13.4 Å². The second kappa shape index (κ2) is 5.38. The van der Waals surface area contributed by atoms with Crippen LogP contribution in [0.5, 0.6) is 0 Å². The summed E-state index contributed by atoms with van der Waals surface area (Å²) >= 11 is 7.01. The van der Waals surface area contributed by atoms with Crippen molar-refractivity contribution in [1.29, 1.82) is 0 Å². The van der Waals surface area contributed by atoms with Crippen LogP contribution >= 0.6 is 23.4 Å². The molecule has 0 spiro atoms. The first-order valence-corrected chi connectivity index (χ1v) is 7.81. The number of nitrogens with zero attached hydrogens (tertiary/aromatic N) is 1. The molecule has 1 aromatic carbocycles. The van der Waals surface area contributed by atoms with Crippen molar-refractivity contribution in [3.63, 3.8) is 0 Å². The zero-order valence-corrected chi connectivity index (χ0v) is 12.0. The smallest absolute Gasteiger partial charge is 0.238 e. The molecule has 0 atom stereocenters. The Morgan fingerprint density at radius 1 is 1.21 bits per heavy atom. The molecule has 2 aromatic rings. The molecule has 0 aliphatic rings. The molecule has 0 saturated heterocycles. The number of anilines is 1. The number of hydrogen-bond donors (Lipinski definition) is 2. The van der Waals surface area contributed by atoms with Gasteiger partial charge in [-0.05, 0) is 30.3 Å². The Balaban J connectivity index is 2.35. The van der Waals surface area contributed by atoms with Gasteiger partial charge in [0.15, 0.2) is 0 Å². The van der Waals surface area contributed by atoms with Crippen molar-refractivity contribution in [3.05, 3.63) is 41.6 Å². The van der Waals surface area contributed by atoms with E-state index in [4.69, 9.17) is 22.5 Å². The van der Waals surface area contributed by atoms with Crippen LogP contribution < -0.4 is 10.9 Å². The summed E-state index contributed by atoms with van der Waals surface area (Å²) in [5, 5.41) is 6.29. The van der Waals surface area contributed by atoms with E-state index < -0.39 is 10.0 Å². The predicted molar refractivity (Wildman–Crippen MR) is 75.6 cm³/mol. The highest BCUT2D eigenvalue weighted by Crippen LogP contribution is 2.30. The fourth-order valence-corrected chi connectivity index (χ4v) is 3.00. The fourth-order valence-electron chi connectivity index (χ4n) is 1.36. The largest absolute Gasteiger partial charge is 0.399 e. The van der Waals surface area contributed by atoms with Gasteiger partial charge in [-0.3, -0.25) is 0 Å². The summed E-state index contributed by atoms with van der Waals surface area (Å²) in [5.74, 6) is 0. The molecule has 0 aliphatic carbocycles. The quantitative estimate of drug-likeness (QED) is 0.845. The molecule has 1 heterocycles. The average molecular weight is 316 g/mol. The number of pyridine rings is 1. The number of nitrogen functional groups attached to an aromatic ring is 1. The zero-order valence-electron chi connectivity index (χ0n) is 9.58. The van der Waals surface area contributed by atoms with E-state index in [0.717, 1.165) is 0 Å². The van der Waals surface area contributed by atoms with Crippen molar-refractivity contribution in [2.24, 2.45) is 5.14 Å². The van der Waals surface area contributed by atoms with Gasteiger partial charge in [0.1, 0.15) is 5.03 Å². The summed E-state index contributed by atoms with van der Waals surface area (Å²) in [5.41, 5.74) is 5.98. The van der Waals surface area contributed by atoms with E-state index in [2.05, 4.69) is 4.98 Å². The summed E-state index contributed by atoms with van der Waals surface area (Å²) in [6, 6.07) is 7.84. The van der Waals surface area contributed by atoms with Gasteiger partial charge in [0.25, 0.3) is 0 Å². The van der Waals surface area contributed by atoms with Crippen molar-refractivity contribution in [2.45, 2.75) is 14.8 Å². The van der Waals surface area contributed by atoms with Crippen molar-refractivity contribution in [2.75, 3.05) is 5.73 Å². The number of aromatic nitrogens is 1. The summed E-state index contributed by atoms with van der Waals surface area (Å²) < 4.78 is 22.6. The first-order valence-electron chi connectivity index (χ1n) is 5.07. The lowest BCUT2D eigenvalue weighted by atomic mass is 10.3. The third-order valence-corrected chi connectivity index (χ3v) is 4.19. The van der Waals surface area contributed by atoms with Gasteiger partial charge in [0, 0.05) is 16.8 Å². The van der Waals surface area contributed by atoms with Crippen LogP contribution in [0.15, 0.2) is 51.3 Å². The van der Waals surface area contributed by atoms with Crippen LogP contribution in [0.25, 0.3) is 0 Å². The van der Waals surface area contributed by atoms with Crippen molar-refractivity contribution in [3.8, 4) is 0 Å². The molecule has 0 aliphatic heterocycles. The van der Waals surface area contributed by atoms with Crippen LogP contribution in [-0.2, 0) is 10.0 Å². The van der Waals surface area contributed by atoms with Crippen LogP contribution in [0.3, 0.4) is 0 Å². The number of nitrogens with two attached hydrogens (primary N) is 2. The highest BCUT2D eigenvalue weighted by molar-refractivity contribution is 7.99. The van der Waals surface area contributed by atoms with Gasteiger partial charge in [-0.25, -0.2) is 18.5 Å². The normalized spacial score (nSPS) is 11.5. The van der Waals surface area contributed by atoms with E-state index in [1.807, 2.05) is 0 Å². The molecule has 5 nitrogen and oxygen atoms in total. The first-order chi connectivity index (χ1) is 8.84. The summed E-state index contributed by atoms with van der Waals surface area (Å²) in [6.45, 7) is 0. The van der Waals surface area contributed by atoms with E-state index in [0.29, 0.717) is 20.6 Å². The number of halogens is 1. The lowest BCUT2D eigenvalue weighted by molar-refractivity contribution is 0.597. The molecule has 0 amide bonds. The Kier molecular flexibility index (Phi) is 4.00. The van der Waals surface area contributed by atoms with E-state index in [1.54, 1.807) is 18.2 Å². The predicted octanol–water partition coefficient (Wildman–Crippen LogP) is 2.12. The van der Waals surface area contributed by atoms with Crippen LogP contribution in [0.1, 0.15) is 0 Å². The fraction of sp³-hybridized carbons (Fsp3) is 0. The van der Waals surface area contributed by atoms with Gasteiger partial charge in [-0.2, -0.15) is 0 Å². The number of hydrogen-bond acceptors (Lipinski definition) is 5. The summed E-state index contributed by atoms with van der Waals surface area (Å²) in [7, 11) is -3.78. The third-order valence-electron chi connectivity index (χ3n) is 2.15. The van der Waals surface area contributed by atoms with Crippen molar-refractivity contribution in [1.82, 2.24) is 4.98 Å². The molecule has 0 fully saturated rings. The molecule has 0 bridgehead atoms. The van der Waals surface area contributed by atoms with Gasteiger partial charge >= 0.3 is 0 Å². The second-order valence-electron chi connectivity index (χ2n) is 3.70. The number of benzene rings is 1. The van der Waals surface area contributed by atoms with E-state index in [-0.39, 0.29) is 4.90 Å².